The van der Waals surface area contributed by atoms with Crippen molar-refractivity contribution >= 4 is 12.4 Å². The number of hydrogen-bond acceptors (Lipinski definition) is 7. The number of anilines is 1. The van der Waals surface area contributed by atoms with E-state index in [-0.39, 0.29) is 23.2 Å². The fraction of sp³-hybridized carbons (Fsp3) is 0.333. The zero-order valence-corrected chi connectivity index (χ0v) is 18.4. The molecule has 1 saturated heterocycles. The topological polar surface area (TPSA) is 101 Å². The van der Waals surface area contributed by atoms with Gasteiger partial charge < -0.3 is 20.7 Å². The number of benzene rings is 1. The van der Waals surface area contributed by atoms with E-state index in [1.165, 1.54) is 18.3 Å². The number of piperidine rings is 1. The van der Waals surface area contributed by atoms with Gasteiger partial charge in [0.2, 0.25) is 24.1 Å². The standard InChI is InChI=1S/C24H24F2N6O2/c25-20-17(24(8-9-24)30-14-33)5-6-19(21(20)26)34-22-16(4-2-11-28-22)18-7-12-29-23(32-18)31-15-3-1-10-27-13-15/h2,4-7,11-12,14-15,27H,1,3,8-10,13H2,(H,30,33)(H,29,31,32)/t15-/m0/s1. The van der Waals surface area contributed by atoms with Crippen LogP contribution in [-0.2, 0) is 10.3 Å². The smallest absolute Gasteiger partial charge is 0.228 e. The van der Waals surface area contributed by atoms with Crippen molar-refractivity contribution in [3.05, 3.63) is 59.9 Å². The lowest BCUT2D eigenvalue weighted by atomic mass is 10.0. The van der Waals surface area contributed by atoms with Crippen LogP contribution in [0.4, 0.5) is 14.7 Å². The Morgan fingerprint density at radius 1 is 1.12 bits per heavy atom. The molecule has 0 radical (unpaired) electrons. The number of rotatable bonds is 8. The molecule has 3 heterocycles. The number of carbonyl (C=O) groups is 1. The maximum absolute atomic E-state index is 14.9. The molecule has 5 rings (SSSR count). The largest absolute Gasteiger partial charge is 0.435 e. The van der Waals surface area contributed by atoms with Crippen LogP contribution in [0.1, 0.15) is 31.2 Å². The summed E-state index contributed by atoms with van der Waals surface area (Å²) in [5.74, 6) is -1.92. The van der Waals surface area contributed by atoms with Gasteiger partial charge in [-0.1, -0.05) is 0 Å². The third-order valence-electron chi connectivity index (χ3n) is 6.19. The molecule has 0 unspecified atom stereocenters. The van der Waals surface area contributed by atoms with Crippen LogP contribution in [-0.4, -0.2) is 40.5 Å². The Kier molecular flexibility index (Phi) is 6.06. The minimum atomic E-state index is -1.14. The highest BCUT2D eigenvalue weighted by Gasteiger charge is 2.46. The normalized spacial score (nSPS) is 18.7. The molecule has 8 nitrogen and oxygen atoms in total. The third-order valence-corrected chi connectivity index (χ3v) is 6.19. The van der Waals surface area contributed by atoms with Gasteiger partial charge in [-0.05, 0) is 62.6 Å². The molecule has 1 aliphatic heterocycles. The summed E-state index contributed by atoms with van der Waals surface area (Å²) in [4.78, 5) is 24.0. The molecule has 1 atom stereocenters. The van der Waals surface area contributed by atoms with E-state index in [2.05, 4.69) is 30.9 Å². The van der Waals surface area contributed by atoms with Gasteiger partial charge in [0.25, 0.3) is 0 Å². The molecule has 3 N–H and O–H groups in total. The Hall–Kier alpha value is -3.66. The molecule has 2 fully saturated rings. The van der Waals surface area contributed by atoms with Gasteiger partial charge in [0, 0.05) is 30.5 Å². The minimum absolute atomic E-state index is 0.0877. The molecular formula is C24H24F2N6O2. The van der Waals surface area contributed by atoms with E-state index in [4.69, 9.17) is 4.74 Å². The Bertz CT molecular complexity index is 1200. The molecule has 10 heteroatoms. The van der Waals surface area contributed by atoms with Crippen molar-refractivity contribution in [1.82, 2.24) is 25.6 Å². The number of amides is 1. The molecule has 34 heavy (non-hydrogen) atoms. The van der Waals surface area contributed by atoms with Gasteiger partial charge in [-0.25, -0.2) is 19.3 Å². The van der Waals surface area contributed by atoms with Crippen LogP contribution in [0.5, 0.6) is 11.6 Å². The lowest BCUT2D eigenvalue weighted by Crippen LogP contribution is -2.38. The molecule has 176 valence electrons. The lowest BCUT2D eigenvalue weighted by Gasteiger charge is -2.23. The molecular weight excluding hydrogens is 442 g/mol. The molecule has 0 bridgehead atoms. The first-order valence-electron chi connectivity index (χ1n) is 11.2. The van der Waals surface area contributed by atoms with Gasteiger partial charge in [0.05, 0.1) is 16.8 Å². The highest BCUT2D eigenvalue weighted by molar-refractivity contribution is 5.66. The third kappa shape index (κ3) is 4.41. The van der Waals surface area contributed by atoms with Gasteiger partial charge in [-0.3, -0.25) is 4.79 Å². The number of halogens is 2. The number of nitrogens with one attached hydrogen (secondary N) is 3. The fourth-order valence-electron chi connectivity index (χ4n) is 4.22. The first-order chi connectivity index (χ1) is 16.6. The van der Waals surface area contributed by atoms with E-state index < -0.39 is 17.2 Å². The van der Waals surface area contributed by atoms with Crippen LogP contribution in [0.25, 0.3) is 11.3 Å². The summed E-state index contributed by atoms with van der Waals surface area (Å²) in [6.45, 7) is 1.83. The zero-order valence-electron chi connectivity index (χ0n) is 18.4. The van der Waals surface area contributed by atoms with E-state index in [1.54, 1.807) is 24.4 Å². The van der Waals surface area contributed by atoms with Crippen molar-refractivity contribution < 1.29 is 18.3 Å². The summed E-state index contributed by atoms with van der Waals surface area (Å²) in [7, 11) is 0. The number of hydrogen-bond donors (Lipinski definition) is 3. The fourth-order valence-corrected chi connectivity index (χ4v) is 4.22. The van der Waals surface area contributed by atoms with Crippen LogP contribution in [0.2, 0.25) is 0 Å². The van der Waals surface area contributed by atoms with Crippen molar-refractivity contribution in [2.24, 2.45) is 0 Å². The van der Waals surface area contributed by atoms with Crippen molar-refractivity contribution in [2.45, 2.75) is 37.3 Å². The predicted molar refractivity (Wildman–Crippen MR) is 121 cm³/mol. The number of nitrogens with zero attached hydrogens (tertiary/aromatic N) is 3. The molecule has 1 aromatic carbocycles. The minimum Gasteiger partial charge on any atom is -0.435 e. The van der Waals surface area contributed by atoms with Crippen LogP contribution in [0, 0.1) is 11.6 Å². The van der Waals surface area contributed by atoms with Crippen molar-refractivity contribution in [3.8, 4) is 22.9 Å². The second-order valence-electron chi connectivity index (χ2n) is 8.49. The number of ether oxygens (including phenoxy) is 1. The van der Waals surface area contributed by atoms with Gasteiger partial charge in [0.15, 0.2) is 11.6 Å². The predicted octanol–water partition coefficient (Wildman–Crippen LogP) is 3.51. The Morgan fingerprint density at radius 2 is 2.00 bits per heavy atom. The summed E-state index contributed by atoms with van der Waals surface area (Å²) >= 11 is 0. The van der Waals surface area contributed by atoms with E-state index in [9.17, 15) is 13.6 Å². The maximum Gasteiger partial charge on any atom is 0.228 e. The Labute approximate surface area is 195 Å². The summed E-state index contributed by atoms with van der Waals surface area (Å²) in [5, 5.41) is 9.25. The molecule has 1 aliphatic carbocycles. The van der Waals surface area contributed by atoms with Gasteiger partial charge >= 0.3 is 0 Å². The quantitative estimate of drug-likeness (QED) is 0.437. The summed E-state index contributed by atoms with van der Waals surface area (Å²) in [6, 6.07) is 8.17. The summed E-state index contributed by atoms with van der Waals surface area (Å²) in [6.07, 6.45) is 6.83. The average Bonchev–Trinajstić information content (AvgIpc) is 3.64. The van der Waals surface area contributed by atoms with Crippen molar-refractivity contribution in [1.29, 1.82) is 0 Å². The first kappa shape index (κ1) is 22.1. The number of pyridine rings is 1. The van der Waals surface area contributed by atoms with Gasteiger partial charge in [-0.15, -0.1) is 0 Å². The Balaban J connectivity index is 1.41. The van der Waals surface area contributed by atoms with E-state index in [0.29, 0.717) is 36.5 Å². The van der Waals surface area contributed by atoms with E-state index in [1.807, 2.05) is 0 Å². The SMILES string of the molecule is O=CNC1(c2ccc(Oc3ncccc3-c3ccnc(N[C@H]4CCCNC4)n3)c(F)c2F)CC1. The number of carbonyl (C=O) groups excluding carboxylic acids is 1. The van der Waals surface area contributed by atoms with E-state index >= 15 is 0 Å². The van der Waals surface area contributed by atoms with Crippen molar-refractivity contribution in [2.75, 3.05) is 18.4 Å². The lowest BCUT2D eigenvalue weighted by molar-refractivity contribution is -0.110. The highest BCUT2D eigenvalue weighted by atomic mass is 19.2. The Morgan fingerprint density at radius 3 is 2.76 bits per heavy atom. The number of aromatic nitrogens is 3. The van der Waals surface area contributed by atoms with Crippen LogP contribution in [0.3, 0.4) is 0 Å². The molecule has 2 aliphatic rings. The monoisotopic (exact) mass is 466 g/mol. The average molecular weight is 466 g/mol. The maximum atomic E-state index is 14.9. The summed E-state index contributed by atoms with van der Waals surface area (Å²) < 4.78 is 35.5. The van der Waals surface area contributed by atoms with Gasteiger partial charge in [0.1, 0.15) is 0 Å². The molecule has 2 aromatic heterocycles. The first-order valence-corrected chi connectivity index (χ1v) is 11.2. The molecule has 0 spiro atoms. The zero-order chi connectivity index (χ0) is 23.5. The molecule has 3 aromatic rings. The molecule has 1 saturated carbocycles. The van der Waals surface area contributed by atoms with Gasteiger partial charge in [-0.2, -0.15) is 4.39 Å². The van der Waals surface area contributed by atoms with Crippen molar-refractivity contribution in [3.63, 3.8) is 0 Å². The second-order valence-corrected chi connectivity index (χ2v) is 8.49. The van der Waals surface area contributed by atoms with E-state index in [0.717, 1.165) is 25.9 Å². The second kappa shape index (κ2) is 9.30. The summed E-state index contributed by atoms with van der Waals surface area (Å²) in [5.41, 5.74) is 0.308. The highest BCUT2D eigenvalue weighted by Crippen LogP contribution is 2.47. The van der Waals surface area contributed by atoms with Crippen LogP contribution in [0.15, 0.2) is 42.7 Å². The van der Waals surface area contributed by atoms with Crippen LogP contribution < -0.4 is 20.7 Å². The van der Waals surface area contributed by atoms with Crippen LogP contribution >= 0.6 is 0 Å². The molecule has 1 amide bonds.